The molecule has 7 heteroatoms. The number of carbonyl (C=O) groups excluding carboxylic acids is 2. The van der Waals surface area contributed by atoms with Crippen LogP contribution in [0.1, 0.15) is 89.9 Å². The quantitative estimate of drug-likeness (QED) is 0.399. The van der Waals surface area contributed by atoms with Gasteiger partial charge in [-0.05, 0) is 47.5 Å². The van der Waals surface area contributed by atoms with Gasteiger partial charge in [-0.2, -0.15) is 0 Å². The number of nitrogens with zero attached hydrogens (tertiary/aromatic N) is 2. The van der Waals surface area contributed by atoms with Gasteiger partial charge in [0.1, 0.15) is 5.60 Å². The smallest absolute Gasteiger partial charge is 0.407 e. The number of rotatable bonds is 12. The van der Waals surface area contributed by atoms with Crippen molar-refractivity contribution in [2.45, 2.75) is 91.1 Å². The molecule has 0 aliphatic heterocycles. The summed E-state index contributed by atoms with van der Waals surface area (Å²) in [6, 6.07) is 0. The molecule has 0 aliphatic carbocycles. The molecule has 1 atom stereocenters. The Morgan fingerprint density at radius 1 is 1.07 bits per heavy atom. The molecule has 0 radical (unpaired) electrons. The number of nitrogens with one attached hydrogen (secondary N) is 1. The molecule has 1 N–H and O–H groups in total. The molecule has 0 saturated carbocycles. The van der Waals surface area contributed by atoms with Crippen LogP contribution in [0.4, 0.5) is 4.79 Å². The second-order valence-electron chi connectivity index (χ2n) is 8.27. The summed E-state index contributed by atoms with van der Waals surface area (Å²) in [5.41, 5.74) is 1.25. The molecule has 0 bridgehead atoms. The molecule has 0 aliphatic rings. The molecule has 29 heavy (non-hydrogen) atoms. The van der Waals surface area contributed by atoms with Crippen molar-refractivity contribution in [3.05, 3.63) is 23.8 Å². The Morgan fingerprint density at radius 2 is 1.76 bits per heavy atom. The van der Waals surface area contributed by atoms with E-state index in [-0.39, 0.29) is 18.0 Å². The molecular formula is C22H37N3O4. The van der Waals surface area contributed by atoms with Crippen molar-refractivity contribution in [2.24, 2.45) is 0 Å². The Balaban J connectivity index is 2.28. The van der Waals surface area contributed by atoms with Crippen LogP contribution in [-0.4, -0.2) is 40.8 Å². The Kier molecular flexibility index (Phi) is 11.2. The molecule has 1 rings (SSSR count). The number of hydrogen-bond acceptors (Lipinski definition) is 6. The molecule has 0 saturated heterocycles. The van der Waals surface area contributed by atoms with Crippen molar-refractivity contribution in [1.82, 2.24) is 15.3 Å². The van der Waals surface area contributed by atoms with Gasteiger partial charge >= 0.3 is 12.1 Å². The number of amides is 1. The minimum atomic E-state index is -0.466. The maximum atomic E-state index is 11.9. The van der Waals surface area contributed by atoms with Gasteiger partial charge in [0.2, 0.25) is 0 Å². The van der Waals surface area contributed by atoms with E-state index in [2.05, 4.69) is 15.3 Å². The molecule has 1 aromatic rings. The fourth-order valence-corrected chi connectivity index (χ4v) is 2.94. The first-order valence-electron chi connectivity index (χ1n) is 10.6. The monoisotopic (exact) mass is 407 g/mol. The largest absolute Gasteiger partial charge is 0.466 e. The van der Waals surface area contributed by atoms with Gasteiger partial charge in [-0.25, -0.2) is 4.79 Å². The maximum Gasteiger partial charge on any atom is 0.407 e. The standard InChI is InChI=1S/C22H37N3O4/c1-6-28-20(26)14-18(19-16-24-17(2)15-25-19)12-10-8-7-9-11-13-23-21(27)29-22(3,4)5/h15-16,18H,6-14H2,1-5H3,(H,23,27). The van der Waals surface area contributed by atoms with E-state index in [4.69, 9.17) is 9.47 Å². The molecule has 7 nitrogen and oxygen atoms in total. The summed E-state index contributed by atoms with van der Waals surface area (Å²) in [4.78, 5) is 32.3. The predicted molar refractivity (Wildman–Crippen MR) is 113 cm³/mol. The van der Waals surface area contributed by atoms with Gasteiger partial charge < -0.3 is 14.8 Å². The third-order valence-corrected chi connectivity index (χ3v) is 4.34. The Labute approximate surface area is 175 Å². The zero-order valence-electron chi connectivity index (χ0n) is 18.6. The molecule has 1 aromatic heterocycles. The van der Waals surface area contributed by atoms with Gasteiger partial charge in [0.25, 0.3) is 0 Å². The Morgan fingerprint density at radius 3 is 2.38 bits per heavy atom. The number of esters is 1. The highest BCUT2D eigenvalue weighted by molar-refractivity contribution is 5.70. The average Bonchev–Trinajstić information content (AvgIpc) is 2.62. The number of aromatic nitrogens is 2. The van der Waals surface area contributed by atoms with Gasteiger partial charge in [0.15, 0.2) is 0 Å². The van der Waals surface area contributed by atoms with Crippen molar-refractivity contribution >= 4 is 12.1 Å². The van der Waals surface area contributed by atoms with Gasteiger partial charge in [0, 0.05) is 24.9 Å². The number of hydrogen-bond donors (Lipinski definition) is 1. The summed E-state index contributed by atoms with van der Waals surface area (Å²) < 4.78 is 10.3. The lowest BCUT2D eigenvalue weighted by Crippen LogP contribution is -2.32. The highest BCUT2D eigenvalue weighted by Gasteiger charge is 2.18. The molecule has 0 spiro atoms. The summed E-state index contributed by atoms with van der Waals surface area (Å²) in [6.07, 6.45) is 9.51. The molecule has 1 heterocycles. The first kappa shape index (κ1) is 24.9. The molecular weight excluding hydrogens is 370 g/mol. The van der Waals surface area contributed by atoms with E-state index < -0.39 is 5.60 Å². The van der Waals surface area contributed by atoms with E-state index in [1.54, 1.807) is 12.4 Å². The van der Waals surface area contributed by atoms with Crippen molar-refractivity contribution in [2.75, 3.05) is 13.2 Å². The summed E-state index contributed by atoms with van der Waals surface area (Å²) >= 11 is 0. The van der Waals surface area contributed by atoms with Gasteiger partial charge in [0.05, 0.1) is 24.4 Å². The lowest BCUT2D eigenvalue weighted by atomic mass is 9.94. The van der Waals surface area contributed by atoms with Crippen molar-refractivity contribution < 1.29 is 19.1 Å². The number of unbranched alkanes of at least 4 members (excludes halogenated alkanes) is 4. The molecule has 164 valence electrons. The topological polar surface area (TPSA) is 90.4 Å². The third kappa shape index (κ3) is 12.1. The number of carbonyl (C=O) groups is 2. The summed E-state index contributed by atoms with van der Waals surface area (Å²) in [5.74, 6) is -0.149. The van der Waals surface area contributed by atoms with Crippen LogP contribution < -0.4 is 5.32 Å². The zero-order chi connectivity index (χ0) is 21.7. The van der Waals surface area contributed by atoms with Crippen LogP contribution in [0, 0.1) is 6.92 Å². The third-order valence-electron chi connectivity index (χ3n) is 4.34. The van der Waals surface area contributed by atoms with Crippen molar-refractivity contribution in [3.63, 3.8) is 0 Å². The zero-order valence-corrected chi connectivity index (χ0v) is 18.6. The first-order chi connectivity index (χ1) is 13.7. The van der Waals surface area contributed by atoms with Gasteiger partial charge in [-0.15, -0.1) is 0 Å². The van der Waals surface area contributed by atoms with Crippen LogP contribution in [0.5, 0.6) is 0 Å². The first-order valence-corrected chi connectivity index (χ1v) is 10.6. The Hall–Kier alpha value is -2.18. The molecule has 0 aromatic carbocycles. The second-order valence-corrected chi connectivity index (χ2v) is 8.27. The summed E-state index contributed by atoms with van der Waals surface area (Å²) in [5, 5.41) is 2.78. The minimum Gasteiger partial charge on any atom is -0.466 e. The predicted octanol–water partition coefficient (Wildman–Crippen LogP) is 4.69. The minimum absolute atomic E-state index is 0.0379. The highest BCUT2D eigenvalue weighted by atomic mass is 16.6. The van der Waals surface area contributed by atoms with Crippen LogP contribution in [0.25, 0.3) is 0 Å². The second kappa shape index (κ2) is 13.1. The van der Waals surface area contributed by atoms with E-state index in [0.29, 0.717) is 19.6 Å². The van der Waals surface area contributed by atoms with E-state index in [9.17, 15) is 9.59 Å². The van der Waals surface area contributed by atoms with Crippen LogP contribution >= 0.6 is 0 Å². The molecule has 1 unspecified atom stereocenters. The number of aryl methyl sites for hydroxylation is 1. The van der Waals surface area contributed by atoms with Crippen molar-refractivity contribution in [3.8, 4) is 0 Å². The average molecular weight is 408 g/mol. The van der Waals surface area contributed by atoms with Crippen LogP contribution in [0.15, 0.2) is 12.4 Å². The lowest BCUT2D eigenvalue weighted by Gasteiger charge is -2.19. The fourth-order valence-electron chi connectivity index (χ4n) is 2.94. The van der Waals surface area contributed by atoms with Gasteiger partial charge in [-0.3, -0.25) is 14.8 Å². The summed E-state index contributed by atoms with van der Waals surface area (Å²) in [7, 11) is 0. The Bertz CT molecular complexity index is 611. The van der Waals surface area contributed by atoms with Crippen LogP contribution in [0.3, 0.4) is 0 Å². The normalized spacial score (nSPS) is 12.3. The van der Waals surface area contributed by atoms with Crippen molar-refractivity contribution in [1.29, 1.82) is 0 Å². The summed E-state index contributed by atoms with van der Waals surface area (Å²) in [6.45, 7) is 10.3. The van der Waals surface area contributed by atoms with E-state index in [1.807, 2.05) is 34.6 Å². The lowest BCUT2D eigenvalue weighted by molar-refractivity contribution is -0.143. The van der Waals surface area contributed by atoms with Gasteiger partial charge in [-0.1, -0.05) is 25.7 Å². The van der Waals surface area contributed by atoms with E-state index >= 15 is 0 Å². The number of alkyl carbamates (subject to hydrolysis) is 1. The highest BCUT2D eigenvalue weighted by Crippen LogP contribution is 2.25. The SMILES string of the molecule is CCOC(=O)CC(CCCCCCCNC(=O)OC(C)(C)C)c1cnc(C)cn1. The van der Waals surface area contributed by atoms with Crippen LogP contribution in [0.2, 0.25) is 0 Å². The van der Waals surface area contributed by atoms with E-state index in [1.165, 1.54) is 0 Å². The van der Waals surface area contributed by atoms with E-state index in [0.717, 1.165) is 49.9 Å². The molecule has 0 fully saturated rings. The fraction of sp³-hybridized carbons (Fsp3) is 0.727. The maximum absolute atomic E-state index is 11.9. The van der Waals surface area contributed by atoms with Crippen LogP contribution in [-0.2, 0) is 14.3 Å². The molecule has 1 amide bonds. The number of ether oxygens (including phenoxy) is 2.